The number of carbonyl (C=O) groups is 1. The van der Waals surface area contributed by atoms with E-state index in [0.29, 0.717) is 12.0 Å². The Kier molecular flexibility index (Phi) is 3.79. The van der Waals surface area contributed by atoms with Gasteiger partial charge in [-0.05, 0) is 61.6 Å². The maximum absolute atomic E-state index is 13.7. The second-order valence-electron chi connectivity index (χ2n) is 8.49. The maximum atomic E-state index is 13.7. The normalized spacial score (nSPS) is 31.0. The summed E-state index contributed by atoms with van der Waals surface area (Å²) in [4.78, 5) is 13.3. The van der Waals surface area contributed by atoms with Crippen LogP contribution >= 0.6 is 0 Å². The van der Waals surface area contributed by atoms with E-state index in [-0.39, 0.29) is 47.3 Å². The van der Waals surface area contributed by atoms with Crippen molar-refractivity contribution in [3.05, 3.63) is 75.8 Å². The van der Waals surface area contributed by atoms with Crippen molar-refractivity contribution < 1.29 is 19.0 Å². The molecule has 2 fully saturated rings. The lowest BCUT2D eigenvalue weighted by Crippen LogP contribution is -2.33. The van der Waals surface area contributed by atoms with Crippen LogP contribution in [-0.4, -0.2) is 23.1 Å². The quantitative estimate of drug-likeness (QED) is 0.817. The number of fused-ring (bicyclic) bond motifs is 5. The van der Waals surface area contributed by atoms with Crippen LogP contribution in [0.25, 0.3) is 5.57 Å². The summed E-state index contributed by atoms with van der Waals surface area (Å²) in [6, 6.07) is 10.7. The molecule has 3 aliphatic rings. The second-order valence-corrected chi connectivity index (χ2v) is 8.49. The molecule has 28 heavy (non-hydrogen) atoms. The fourth-order valence-electron chi connectivity index (χ4n) is 5.74. The number of halogens is 1. The molecule has 144 valence electrons. The molecule has 5 rings (SSSR count). The summed E-state index contributed by atoms with van der Waals surface area (Å²) in [6.45, 7) is 6.00. The number of Topliss-reactive ketones (excluding diaryl/α,β-unsaturated/α-hetero) is 1. The van der Waals surface area contributed by atoms with E-state index in [1.807, 2.05) is 39.0 Å². The van der Waals surface area contributed by atoms with Gasteiger partial charge in [-0.2, -0.15) is 0 Å². The number of hydrogen-bond donors (Lipinski definition) is 1. The van der Waals surface area contributed by atoms with Gasteiger partial charge in [-0.1, -0.05) is 29.8 Å². The Morgan fingerprint density at radius 1 is 1.07 bits per heavy atom. The number of allylic oxidation sites excluding steroid dienone is 1. The molecule has 0 radical (unpaired) electrons. The minimum absolute atomic E-state index is 0.00328. The minimum Gasteiger partial charge on any atom is -0.511 e. The summed E-state index contributed by atoms with van der Waals surface area (Å²) in [6.07, 6.45) is 0.179. The van der Waals surface area contributed by atoms with Crippen LogP contribution in [-0.2, 0) is 9.53 Å². The summed E-state index contributed by atoms with van der Waals surface area (Å²) in [5, 5.41) is 11.1. The molecule has 2 heterocycles. The largest absolute Gasteiger partial charge is 0.511 e. The van der Waals surface area contributed by atoms with E-state index in [4.69, 9.17) is 4.74 Å². The highest BCUT2D eigenvalue weighted by Crippen LogP contribution is 2.58. The molecule has 5 atom stereocenters. The molecule has 2 aromatic carbocycles. The molecule has 3 nitrogen and oxygen atoms in total. The molecule has 2 saturated heterocycles. The highest BCUT2D eigenvalue weighted by atomic mass is 19.1. The monoisotopic (exact) mass is 378 g/mol. The van der Waals surface area contributed by atoms with Gasteiger partial charge in [0.25, 0.3) is 0 Å². The van der Waals surface area contributed by atoms with Crippen molar-refractivity contribution in [3.63, 3.8) is 0 Å². The molecule has 2 bridgehead atoms. The van der Waals surface area contributed by atoms with Gasteiger partial charge >= 0.3 is 0 Å². The number of aliphatic hydroxyl groups is 1. The smallest absolute Gasteiger partial charge is 0.173 e. The predicted molar refractivity (Wildman–Crippen MR) is 105 cm³/mol. The van der Waals surface area contributed by atoms with Gasteiger partial charge in [-0.25, -0.2) is 4.39 Å². The van der Waals surface area contributed by atoms with E-state index in [0.717, 1.165) is 27.8 Å². The van der Waals surface area contributed by atoms with Gasteiger partial charge in [0.2, 0.25) is 0 Å². The van der Waals surface area contributed by atoms with E-state index >= 15 is 0 Å². The topological polar surface area (TPSA) is 46.5 Å². The Morgan fingerprint density at radius 2 is 1.79 bits per heavy atom. The van der Waals surface area contributed by atoms with Crippen LogP contribution in [0.4, 0.5) is 4.39 Å². The molecule has 4 heteroatoms. The van der Waals surface area contributed by atoms with Crippen molar-refractivity contribution in [1.82, 2.24) is 0 Å². The minimum atomic E-state index is -0.338. The van der Waals surface area contributed by atoms with Crippen LogP contribution in [0.3, 0.4) is 0 Å². The Labute approximate surface area is 163 Å². The third-order valence-electron chi connectivity index (χ3n) is 6.68. The zero-order valence-electron chi connectivity index (χ0n) is 16.2. The van der Waals surface area contributed by atoms with Gasteiger partial charge in [-0.15, -0.1) is 0 Å². The first-order valence-electron chi connectivity index (χ1n) is 9.83. The van der Waals surface area contributed by atoms with Crippen LogP contribution < -0.4 is 0 Å². The van der Waals surface area contributed by atoms with E-state index in [1.165, 1.54) is 12.1 Å². The van der Waals surface area contributed by atoms with Gasteiger partial charge in [0.15, 0.2) is 5.78 Å². The summed E-state index contributed by atoms with van der Waals surface area (Å²) in [5.41, 5.74) is 5.33. The van der Waals surface area contributed by atoms with Gasteiger partial charge in [0, 0.05) is 5.92 Å². The van der Waals surface area contributed by atoms with Gasteiger partial charge in [0.1, 0.15) is 11.6 Å². The molecular weight excluding hydrogens is 355 g/mol. The Bertz CT molecular complexity index is 1010. The average molecular weight is 378 g/mol. The molecule has 0 aromatic heterocycles. The van der Waals surface area contributed by atoms with Crippen LogP contribution in [0.5, 0.6) is 0 Å². The summed E-state index contributed by atoms with van der Waals surface area (Å²) < 4.78 is 19.8. The molecule has 1 N–H and O–H groups in total. The fourth-order valence-corrected chi connectivity index (χ4v) is 5.74. The lowest BCUT2D eigenvalue weighted by atomic mass is 9.72. The van der Waals surface area contributed by atoms with Crippen molar-refractivity contribution >= 4 is 11.4 Å². The number of carbonyl (C=O) groups excluding carboxylic acids is 1. The van der Waals surface area contributed by atoms with E-state index in [1.54, 1.807) is 6.07 Å². The maximum Gasteiger partial charge on any atom is 0.173 e. The number of aliphatic hydroxyl groups excluding tert-OH is 1. The summed E-state index contributed by atoms with van der Waals surface area (Å²) in [7, 11) is 0. The lowest BCUT2D eigenvalue weighted by molar-refractivity contribution is -0.118. The highest BCUT2D eigenvalue weighted by Gasteiger charge is 2.62. The van der Waals surface area contributed by atoms with Crippen molar-refractivity contribution in [3.8, 4) is 0 Å². The first-order chi connectivity index (χ1) is 13.4. The lowest BCUT2D eigenvalue weighted by Gasteiger charge is -2.27. The third-order valence-corrected chi connectivity index (χ3v) is 6.68. The average Bonchev–Trinajstić information content (AvgIpc) is 3.28. The van der Waals surface area contributed by atoms with Crippen LogP contribution in [0.2, 0.25) is 0 Å². The van der Waals surface area contributed by atoms with Crippen molar-refractivity contribution in [2.75, 3.05) is 0 Å². The molecule has 0 spiro atoms. The number of aryl methyl sites for hydroxylation is 3. The van der Waals surface area contributed by atoms with Crippen molar-refractivity contribution in [1.29, 1.82) is 0 Å². The number of hydrogen-bond acceptors (Lipinski definition) is 3. The van der Waals surface area contributed by atoms with E-state index in [9.17, 15) is 14.3 Å². The van der Waals surface area contributed by atoms with E-state index in [2.05, 4.69) is 0 Å². The van der Waals surface area contributed by atoms with Crippen LogP contribution in [0.1, 0.15) is 40.2 Å². The van der Waals surface area contributed by atoms with Gasteiger partial charge in [-0.3, -0.25) is 4.79 Å². The molecule has 1 aliphatic carbocycles. The second kappa shape index (κ2) is 6.02. The molecule has 0 amide bonds. The Morgan fingerprint density at radius 3 is 2.46 bits per heavy atom. The third kappa shape index (κ3) is 2.34. The Balaban J connectivity index is 1.58. The zero-order valence-corrected chi connectivity index (χ0v) is 16.2. The van der Waals surface area contributed by atoms with Crippen LogP contribution in [0.15, 0.2) is 42.2 Å². The Hall–Kier alpha value is -2.46. The standard InChI is InChI=1S/C24H23FO3/c1-11-7-12(2)18(13(3)8-11)20-22(26)19-17-10-16(14-5-4-6-15(25)9-14)24(28-17)21(19)23(20)27/h4-9,16-17,19,21,24,27H,10H2,1-3H3/t16-,17-,19-,21+,24+/m0/s1. The molecule has 0 saturated carbocycles. The number of ketones is 1. The zero-order chi connectivity index (χ0) is 19.7. The SMILES string of the molecule is Cc1cc(C)c(C2=C(O)[C@@H]3[C@@H]4O[C@@H](C[C@H]4c4cccc(F)c4)[C@@H]3C2=O)c(C)c1. The molecule has 0 unspecified atom stereocenters. The number of ether oxygens (including phenoxy) is 1. The van der Waals surface area contributed by atoms with Crippen molar-refractivity contribution in [2.24, 2.45) is 11.8 Å². The predicted octanol–water partition coefficient (Wildman–Crippen LogP) is 4.79. The molecule has 2 aliphatic heterocycles. The van der Waals surface area contributed by atoms with Gasteiger partial charge in [0.05, 0.1) is 29.6 Å². The first kappa shape index (κ1) is 17.6. The van der Waals surface area contributed by atoms with E-state index < -0.39 is 0 Å². The van der Waals surface area contributed by atoms with Crippen molar-refractivity contribution in [2.45, 2.75) is 45.3 Å². The van der Waals surface area contributed by atoms with Gasteiger partial charge < -0.3 is 9.84 Å². The molecule has 2 aromatic rings. The molecular formula is C24H23FO3. The first-order valence-corrected chi connectivity index (χ1v) is 9.83. The fraction of sp³-hybridized carbons (Fsp3) is 0.375. The highest BCUT2D eigenvalue weighted by molar-refractivity contribution is 6.26. The number of rotatable bonds is 2. The summed E-state index contributed by atoms with van der Waals surface area (Å²) in [5.74, 6) is -0.803. The van der Waals surface area contributed by atoms with Crippen LogP contribution in [0, 0.1) is 38.4 Å². The summed E-state index contributed by atoms with van der Waals surface area (Å²) >= 11 is 0. The number of benzene rings is 2.